The third-order valence-corrected chi connectivity index (χ3v) is 8.60. The largest absolute Gasteiger partial charge is 0.228 e. The molecule has 0 heterocycles. The Kier molecular flexibility index (Phi) is 2.52. The molecule has 16 heavy (non-hydrogen) atoms. The van der Waals surface area contributed by atoms with E-state index in [2.05, 4.69) is 27.7 Å². The Bertz CT molecular complexity index is 394. The summed E-state index contributed by atoms with van der Waals surface area (Å²) in [5.41, 5.74) is 0.00257. The van der Waals surface area contributed by atoms with E-state index >= 15 is 0 Å². The fraction of sp³-hybridized carbons (Fsp3) is 1.00. The number of sulfone groups is 1. The molecule has 2 aliphatic carbocycles. The monoisotopic (exact) mass is 244 g/mol. The summed E-state index contributed by atoms with van der Waals surface area (Å²) in [5, 5.41) is -0.0151. The minimum absolute atomic E-state index is 0.00257. The lowest BCUT2D eigenvalue weighted by Gasteiger charge is -2.28. The Balaban J connectivity index is 2.25. The normalized spacial score (nSPS) is 41.1. The van der Waals surface area contributed by atoms with Gasteiger partial charge in [0, 0.05) is 0 Å². The maximum Gasteiger partial charge on any atom is 0.159 e. The van der Waals surface area contributed by atoms with Crippen LogP contribution in [0.3, 0.4) is 0 Å². The summed E-state index contributed by atoms with van der Waals surface area (Å²) in [6.07, 6.45) is 2.65. The molecule has 0 spiro atoms. The summed E-state index contributed by atoms with van der Waals surface area (Å²) < 4.78 is 24.4. The molecule has 0 radical (unpaired) electrons. The first kappa shape index (κ1) is 12.4. The Morgan fingerprint density at radius 1 is 1.12 bits per heavy atom. The van der Waals surface area contributed by atoms with Crippen LogP contribution in [0.1, 0.15) is 53.9 Å². The van der Waals surface area contributed by atoms with E-state index in [1.807, 2.05) is 6.92 Å². The zero-order chi connectivity index (χ0) is 12.4. The molecule has 0 aromatic carbocycles. The lowest BCUT2D eigenvalue weighted by Crippen LogP contribution is -2.33. The van der Waals surface area contributed by atoms with Gasteiger partial charge in [-0.05, 0) is 43.4 Å². The molecule has 0 amide bonds. The smallest absolute Gasteiger partial charge is 0.159 e. The lowest BCUT2D eigenvalue weighted by atomic mass is 9.82. The first-order valence-electron chi connectivity index (χ1n) is 6.40. The highest BCUT2D eigenvalue weighted by Gasteiger charge is 2.72. The van der Waals surface area contributed by atoms with Crippen molar-refractivity contribution in [1.29, 1.82) is 0 Å². The molecule has 3 unspecified atom stereocenters. The predicted molar refractivity (Wildman–Crippen MR) is 67.1 cm³/mol. The molecule has 94 valence electrons. The van der Waals surface area contributed by atoms with Crippen LogP contribution in [0.25, 0.3) is 0 Å². The van der Waals surface area contributed by atoms with Crippen LogP contribution in [0.5, 0.6) is 0 Å². The SMILES string of the molecule is CC(C)C(C)C1(C)CC1(C)S(=O)(=O)C1CC1. The summed E-state index contributed by atoms with van der Waals surface area (Å²) in [7, 11) is -2.88. The molecular formula is C13H24O2S. The Morgan fingerprint density at radius 2 is 1.62 bits per heavy atom. The first-order valence-corrected chi connectivity index (χ1v) is 7.95. The Hall–Kier alpha value is -0.0500. The number of hydrogen-bond acceptors (Lipinski definition) is 2. The van der Waals surface area contributed by atoms with Gasteiger partial charge in [-0.25, -0.2) is 8.42 Å². The highest BCUT2D eigenvalue weighted by Crippen LogP contribution is 2.68. The molecule has 0 bridgehead atoms. The van der Waals surface area contributed by atoms with Crippen molar-refractivity contribution in [2.24, 2.45) is 17.3 Å². The van der Waals surface area contributed by atoms with Gasteiger partial charge in [0.05, 0.1) is 10.00 Å². The van der Waals surface area contributed by atoms with Crippen LogP contribution in [-0.4, -0.2) is 18.4 Å². The first-order chi connectivity index (χ1) is 7.17. The zero-order valence-electron chi connectivity index (χ0n) is 11.1. The fourth-order valence-corrected chi connectivity index (χ4v) is 6.04. The number of hydrogen-bond donors (Lipinski definition) is 0. The van der Waals surface area contributed by atoms with Crippen LogP contribution >= 0.6 is 0 Å². The van der Waals surface area contributed by atoms with Crippen LogP contribution < -0.4 is 0 Å². The molecule has 2 aliphatic rings. The van der Waals surface area contributed by atoms with E-state index in [4.69, 9.17) is 0 Å². The number of rotatable bonds is 4. The summed E-state index contributed by atoms with van der Waals surface area (Å²) in [5.74, 6) is 1.03. The second-order valence-corrected chi connectivity index (χ2v) is 9.26. The second kappa shape index (κ2) is 3.24. The molecule has 2 fully saturated rings. The van der Waals surface area contributed by atoms with Crippen molar-refractivity contribution in [1.82, 2.24) is 0 Å². The standard InChI is InChI=1S/C13H24O2S/c1-9(2)10(3)12(4)8-13(12,5)16(14,15)11-6-7-11/h9-11H,6-8H2,1-5H3. The molecule has 0 aromatic rings. The minimum atomic E-state index is -2.88. The van der Waals surface area contributed by atoms with Crippen molar-refractivity contribution in [3.63, 3.8) is 0 Å². The van der Waals surface area contributed by atoms with Crippen LogP contribution in [0.2, 0.25) is 0 Å². The van der Waals surface area contributed by atoms with Gasteiger partial charge in [0.25, 0.3) is 0 Å². The summed E-state index contributed by atoms with van der Waals surface area (Å²) >= 11 is 0. The van der Waals surface area contributed by atoms with E-state index in [0.717, 1.165) is 19.3 Å². The van der Waals surface area contributed by atoms with Crippen molar-refractivity contribution in [3.05, 3.63) is 0 Å². The lowest BCUT2D eigenvalue weighted by molar-refractivity contribution is 0.261. The van der Waals surface area contributed by atoms with Gasteiger partial charge in [-0.2, -0.15) is 0 Å². The zero-order valence-corrected chi connectivity index (χ0v) is 11.9. The second-order valence-electron chi connectivity index (χ2n) is 6.60. The van der Waals surface area contributed by atoms with E-state index in [9.17, 15) is 8.42 Å². The summed E-state index contributed by atoms with van der Waals surface area (Å²) in [4.78, 5) is 0. The molecule has 2 rings (SSSR count). The van der Waals surface area contributed by atoms with Gasteiger partial charge >= 0.3 is 0 Å². The van der Waals surface area contributed by atoms with Crippen molar-refractivity contribution < 1.29 is 8.42 Å². The van der Waals surface area contributed by atoms with Crippen molar-refractivity contribution in [3.8, 4) is 0 Å². The quantitative estimate of drug-likeness (QED) is 0.762. The van der Waals surface area contributed by atoms with E-state index in [-0.39, 0.29) is 10.7 Å². The van der Waals surface area contributed by atoms with E-state index in [0.29, 0.717) is 11.8 Å². The van der Waals surface area contributed by atoms with Gasteiger partial charge in [-0.3, -0.25) is 0 Å². The molecule has 0 N–H and O–H groups in total. The van der Waals surface area contributed by atoms with Crippen LogP contribution in [0.4, 0.5) is 0 Å². The summed E-state index contributed by atoms with van der Waals surface area (Å²) in [6.45, 7) is 10.7. The van der Waals surface area contributed by atoms with Crippen LogP contribution in [-0.2, 0) is 9.84 Å². The van der Waals surface area contributed by atoms with E-state index in [1.54, 1.807) is 0 Å². The molecule has 3 heteroatoms. The molecule has 0 aromatic heterocycles. The molecular weight excluding hydrogens is 220 g/mol. The maximum atomic E-state index is 12.4. The van der Waals surface area contributed by atoms with Gasteiger partial charge in [0.2, 0.25) is 0 Å². The average Bonchev–Trinajstić information content (AvgIpc) is 3.02. The van der Waals surface area contributed by atoms with Gasteiger partial charge in [0.1, 0.15) is 0 Å². The highest BCUT2D eigenvalue weighted by atomic mass is 32.2. The summed E-state index contributed by atoms with van der Waals surface area (Å²) in [6, 6.07) is 0. The average molecular weight is 244 g/mol. The van der Waals surface area contributed by atoms with Crippen molar-refractivity contribution in [2.45, 2.75) is 63.9 Å². The Labute approximate surface area is 99.7 Å². The maximum absolute atomic E-state index is 12.4. The van der Waals surface area contributed by atoms with Gasteiger partial charge in [-0.15, -0.1) is 0 Å². The third kappa shape index (κ3) is 1.40. The molecule has 2 saturated carbocycles. The molecule has 2 nitrogen and oxygen atoms in total. The van der Waals surface area contributed by atoms with Crippen molar-refractivity contribution in [2.75, 3.05) is 0 Å². The molecule has 3 atom stereocenters. The van der Waals surface area contributed by atoms with E-state index in [1.165, 1.54) is 0 Å². The van der Waals surface area contributed by atoms with Crippen molar-refractivity contribution >= 4 is 9.84 Å². The topological polar surface area (TPSA) is 34.1 Å². The van der Waals surface area contributed by atoms with Gasteiger partial charge < -0.3 is 0 Å². The predicted octanol–water partition coefficient (Wildman–Crippen LogP) is 3.02. The molecule has 0 saturated heterocycles. The Morgan fingerprint density at radius 3 is 2.00 bits per heavy atom. The highest BCUT2D eigenvalue weighted by molar-refractivity contribution is 7.94. The van der Waals surface area contributed by atoms with Crippen LogP contribution in [0.15, 0.2) is 0 Å². The minimum Gasteiger partial charge on any atom is -0.228 e. The van der Waals surface area contributed by atoms with Gasteiger partial charge in [0.15, 0.2) is 9.84 Å². The van der Waals surface area contributed by atoms with E-state index < -0.39 is 14.6 Å². The van der Waals surface area contributed by atoms with Crippen LogP contribution in [0, 0.1) is 17.3 Å². The van der Waals surface area contributed by atoms with Gasteiger partial charge in [-0.1, -0.05) is 27.7 Å². The third-order valence-electron chi connectivity index (χ3n) is 5.38. The molecule has 0 aliphatic heterocycles. The fourth-order valence-electron chi connectivity index (χ4n) is 3.21.